The van der Waals surface area contributed by atoms with Crippen molar-refractivity contribution in [3.05, 3.63) is 17.6 Å². The van der Waals surface area contributed by atoms with Crippen molar-refractivity contribution in [2.75, 3.05) is 18.4 Å². The Hall–Kier alpha value is -1.96. The Morgan fingerprint density at radius 2 is 2.10 bits per heavy atom. The molecule has 0 saturated heterocycles. The molecule has 20 heavy (non-hydrogen) atoms. The van der Waals surface area contributed by atoms with Crippen molar-refractivity contribution in [2.24, 2.45) is 0 Å². The maximum absolute atomic E-state index is 5.52. The van der Waals surface area contributed by atoms with Crippen LogP contribution in [0.5, 0.6) is 0 Å². The van der Waals surface area contributed by atoms with Crippen molar-refractivity contribution in [1.29, 1.82) is 0 Å². The SMILES string of the molecule is CCCNC(C)c1nnc(NCCc2nc(C)no2)o1. The zero-order valence-corrected chi connectivity index (χ0v) is 12.0. The van der Waals surface area contributed by atoms with Gasteiger partial charge in [-0.15, -0.1) is 5.10 Å². The van der Waals surface area contributed by atoms with Gasteiger partial charge in [0, 0.05) is 13.0 Å². The van der Waals surface area contributed by atoms with Crippen LogP contribution >= 0.6 is 0 Å². The molecule has 0 aliphatic heterocycles. The standard InChI is InChI=1S/C12H20N6O2/c1-4-6-13-8(2)11-16-17-12(19-11)14-7-5-10-15-9(3)18-20-10/h8,13H,4-7H2,1-3H3,(H,14,17). The van der Waals surface area contributed by atoms with Crippen LogP contribution < -0.4 is 10.6 Å². The van der Waals surface area contributed by atoms with E-state index in [2.05, 4.69) is 37.9 Å². The zero-order chi connectivity index (χ0) is 14.4. The summed E-state index contributed by atoms with van der Waals surface area (Å²) in [6.45, 7) is 7.41. The molecule has 2 heterocycles. The molecule has 0 fully saturated rings. The Kier molecular flexibility index (Phi) is 5.05. The summed E-state index contributed by atoms with van der Waals surface area (Å²) in [6.07, 6.45) is 1.68. The molecule has 1 unspecified atom stereocenters. The average Bonchev–Trinajstić information content (AvgIpc) is 3.05. The number of aromatic nitrogens is 4. The first-order valence-corrected chi connectivity index (χ1v) is 6.79. The van der Waals surface area contributed by atoms with E-state index in [-0.39, 0.29) is 6.04 Å². The van der Waals surface area contributed by atoms with Crippen LogP contribution in [0.1, 0.15) is 43.9 Å². The minimum absolute atomic E-state index is 0.0524. The summed E-state index contributed by atoms with van der Waals surface area (Å²) in [5, 5.41) is 18.0. The van der Waals surface area contributed by atoms with E-state index in [1.165, 1.54) is 0 Å². The molecule has 2 aromatic heterocycles. The molecular formula is C12H20N6O2. The predicted octanol–water partition coefficient (Wildman–Crippen LogP) is 1.48. The van der Waals surface area contributed by atoms with E-state index in [4.69, 9.17) is 8.94 Å². The number of aryl methyl sites for hydroxylation is 1. The molecule has 0 aliphatic carbocycles. The quantitative estimate of drug-likeness (QED) is 0.749. The molecule has 0 radical (unpaired) electrons. The molecule has 0 amide bonds. The Morgan fingerprint density at radius 1 is 1.25 bits per heavy atom. The minimum atomic E-state index is 0.0524. The highest BCUT2D eigenvalue weighted by Crippen LogP contribution is 2.13. The van der Waals surface area contributed by atoms with Gasteiger partial charge in [0.15, 0.2) is 5.82 Å². The summed E-state index contributed by atoms with van der Waals surface area (Å²) in [5.74, 6) is 1.80. The number of rotatable bonds is 8. The van der Waals surface area contributed by atoms with Crippen LogP contribution in [0.2, 0.25) is 0 Å². The lowest BCUT2D eigenvalue weighted by Gasteiger charge is -2.07. The largest absolute Gasteiger partial charge is 0.406 e. The molecule has 2 N–H and O–H groups in total. The fraction of sp³-hybridized carbons (Fsp3) is 0.667. The molecule has 0 bridgehead atoms. The summed E-state index contributed by atoms with van der Waals surface area (Å²) < 4.78 is 10.5. The third-order valence-corrected chi connectivity index (χ3v) is 2.70. The van der Waals surface area contributed by atoms with Crippen LogP contribution in [-0.4, -0.2) is 33.4 Å². The highest BCUT2D eigenvalue weighted by molar-refractivity contribution is 5.17. The third-order valence-electron chi connectivity index (χ3n) is 2.70. The predicted molar refractivity (Wildman–Crippen MR) is 72.2 cm³/mol. The number of hydrogen-bond acceptors (Lipinski definition) is 8. The summed E-state index contributed by atoms with van der Waals surface area (Å²) in [7, 11) is 0. The summed E-state index contributed by atoms with van der Waals surface area (Å²) in [4.78, 5) is 4.11. The van der Waals surface area contributed by atoms with Gasteiger partial charge in [-0.05, 0) is 26.8 Å². The van der Waals surface area contributed by atoms with Gasteiger partial charge in [0.05, 0.1) is 6.04 Å². The van der Waals surface area contributed by atoms with Crippen molar-refractivity contribution in [2.45, 2.75) is 39.7 Å². The lowest BCUT2D eigenvalue weighted by Crippen LogP contribution is -2.19. The van der Waals surface area contributed by atoms with Crippen molar-refractivity contribution in [3.63, 3.8) is 0 Å². The Balaban J connectivity index is 1.77. The fourth-order valence-corrected chi connectivity index (χ4v) is 1.65. The molecular weight excluding hydrogens is 260 g/mol. The van der Waals surface area contributed by atoms with Gasteiger partial charge in [-0.3, -0.25) is 0 Å². The lowest BCUT2D eigenvalue weighted by atomic mass is 10.3. The van der Waals surface area contributed by atoms with Crippen molar-refractivity contribution in [3.8, 4) is 0 Å². The number of nitrogens with zero attached hydrogens (tertiary/aromatic N) is 4. The second-order valence-electron chi connectivity index (χ2n) is 4.53. The van der Waals surface area contributed by atoms with E-state index in [1.807, 2.05) is 6.92 Å². The highest BCUT2D eigenvalue weighted by atomic mass is 16.5. The molecule has 8 heteroatoms. The Morgan fingerprint density at radius 3 is 2.80 bits per heavy atom. The van der Waals surface area contributed by atoms with Gasteiger partial charge in [0.2, 0.25) is 11.8 Å². The summed E-state index contributed by atoms with van der Waals surface area (Å²) in [5.41, 5.74) is 0. The van der Waals surface area contributed by atoms with E-state index < -0.39 is 0 Å². The molecule has 8 nitrogen and oxygen atoms in total. The summed E-state index contributed by atoms with van der Waals surface area (Å²) in [6, 6.07) is 0.456. The fourth-order valence-electron chi connectivity index (χ4n) is 1.65. The molecule has 110 valence electrons. The van der Waals surface area contributed by atoms with E-state index in [9.17, 15) is 0 Å². The number of anilines is 1. The second-order valence-corrected chi connectivity index (χ2v) is 4.53. The van der Waals surface area contributed by atoms with Crippen LogP contribution in [-0.2, 0) is 6.42 Å². The van der Waals surface area contributed by atoms with Gasteiger partial charge < -0.3 is 19.6 Å². The van der Waals surface area contributed by atoms with Gasteiger partial charge in [0.1, 0.15) is 0 Å². The first-order valence-electron chi connectivity index (χ1n) is 6.79. The number of nitrogens with one attached hydrogen (secondary N) is 2. The lowest BCUT2D eigenvalue weighted by molar-refractivity contribution is 0.376. The normalized spacial score (nSPS) is 12.6. The second kappa shape index (κ2) is 6.99. The van der Waals surface area contributed by atoms with Crippen molar-refractivity contribution < 1.29 is 8.94 Å². The highest BCUT2D eigenvalue weighted by Gasteiger charge is 2.13. The van der Waals surface area contributed by atoms with E-state index in [0.29, 0.717) is 36.6 Å². The van der Waals surface area contributed by atoms with Crippen molar-refractivity contribution >= 4 is 6.01 Å². The van der Waals surface area contributed by atoms with Crippen molar-refractivity contribution in [1.82, 2.24) is 25.7 Å². The topological polar surface area (TPSA) is 102 Å². The van der Waals surface area contributed by atoms with Gasteiger partial charge >= 0.3 is 6.01 Å². The van der Waals surface area contributed by atoms with Gasteiger partial charge in [-0.25, -0.2) is 0 Å². The monoisotopic (exact) mass is 280 g/mol. The van der Waals surface area contributed by atoms with Gasteiger partial charge in [-0.2, -0.15) is 4.98 Å². The molecule has 0 spiro atoms. The van der Waals surface area contributed by atoms with E-state index in [0.717, 1.165) is 13.0 Å². The first-order chi connectivity index (χ1) is 9.69. The maximum atomic E-state index is 5.52. The maximum Gasteiger partial charge on any atom is 0.315 e. The van der Waals surface area contributed by atoms with E-state index >= 15 is 0 Å². The minimum Gasteiger partial charge on any atom is -0.406 e. The molecule has 1 atom stereocenters. The van der Waals surface area contributed by atoms with Crippen LogP contribution in [0.3, 0.4) is 0 Å². The molecule has 0 aliphatic rings. The van der Waals surface area contributed by atoms with Crippen LogP contribution in [0.25, 0.3) is 0 Å². The molecule has 0 saturated carbocycles. The average molecular weight is 280 g/mol. The first kappa shape index (κ1) is 14.4. The molecule has 2 rings (SSSR count). The summed E-state index contributed by atoms with van der Waals surface area (Å²) >= 11 is 0. The molecule has 0 aromatic carbocycles. The third kappa shape index (κ3) is 4.02. The smallest absolute Gasteiger partial charge is 0.315 e. The van der Waals surface area contributed by atoms with Crippen LogP contribution in [0.4, 0.5) is 6.01 Å². The Labute approximate surface area is 117 Å². The Bertz CT molecular complexity index is 524. The van der Waals surface area contributed by atoms with E-state index in [1.54, 1.807) is 6.92 Å². The van der Waals surface area contributed by atoms with Crippen LogP contribution in [0, 0.1) is 6.92 Å². The zero-order valence-electron chi connectivity index (χ0n) is 12.0. The van der Waals surface area contributed by atoms with Gasteiger partial charge in [-0.1, -0.05) is 17.2 Å². The van der Waals surface area contributed by atoms with Crippen LogP contribution in [0.15, 0.2) is 8.94 Å². The van der Waals surface area contributed by atoms with Gasteiger partial charge in [0.25, 0.3) is 0 Å². The number of hydrogen-bond donors (Lipinski definition) is 2. The molecule has 2 aromatic rings.